The van der Waals surface area contributed by atoms with Crippen LogP contribution in [-0.4, -0.2) is 69.2 Å². The first-order chi connectivity index (χ1) is 11.7. The Hall–Kier alpha value is -1.55. The van der Waals surface area contributed by atoms with Gasteiger partial charge >= 0.3 is 7.82 Å². The van der Waals surface area contributed by atoms with E-state index in [4.69, 9.17) is 14.5 Å². The molecule has 0 spiro atoms. The molecule has 0 saturated carbocycles. The van der Waals surface area contributed by atoms with Crippen LogP contribution >= 0.6 is 7.82 Å². The second-order valence-corrected chi connectivity index (χ2v) is 7.38. The van der Waals surface area contributed by atoms with Crippen molar-refractivity contribution in [3.05, 3.63) is 24.8 Å². The lowest BCUT2D eigenvalue weighted by Crippen LogP contribution is -2.48. The topological polar surface area (TPSA) is 146 Å². The molecule has 5 atom stereocenters. The average Bonchev–Trinajstić information content (AvgIpc) is 3.17. The number of carbonyl (C=O) groups excluding carboxylic acids is 2. The van der Waals surface area contributed by atoms with Gasteiger partial charge in [-0.15, -0.1) is 0 Å². The van der Waals surface area contributed by atoms with Crippen molar-refractivity contribution in [2.45, 2.75) is 17.9 Å². The summed E-state index contributed by atoms with van der Waals surface area (Å²) in [5, 5.41) is 13.1. The number of phosphoric acid groups is 1. The van der Waals surface area contributed by atoms with E-state index in [0.717, 1.165) is 11.0 Å². The highest BCUT2D eigenvalue weighted by Gasteiger charge is 2.66. The van der Waals surface area contributed by atoms with Gasteiger partial charge in [0, 0.05) is 12.5 Å². The number of likely N-dealkylation sites (tertiary alicyclic amines) is 1. The third kappa shape index (κ3) is 3.17. The van der Waals surface area contributed by atoms with E-state index in [1.807, 2.05) is 0 Å². The minimum Gasteiger partial charge on any atom is -0.373 e. The molecule has 3 heterocycles. The first-order valence-corrected chi connectivity index (χ1v) is 9.18. The molecule has 0 aromatic carbocycles. The van der Waals surface area contributed by atoms with E-state index >= 15 is 0 Å². The number of rotatable bonds is 7. The first kappa shape index (κ1) is 18.2. The number of hydrogen-bond donors (Lipinski definition) is 4. The first-order valence-electron chi connectivity index (χ1n) is 7.64. The SMILES string of the molecule is C=CC(=O)NCC12C=CC(O1)C1C(O)N(CCOP(=O)(O)O)C(=O)C12. The lowest BCUT2D eigenvalue weighted by Gasteiger charge is -2.29. The summed E-state index contributed by atoms with van der Waals surface area (Å²) in [5.74, 6) is -2.03. The maximum Gasteiger partial charge on any atom is 0.469 e. The molecule has 2 fully saturated rings. The van der Waals surface area contributed by atoms with Crippen molar-refractivity contribution in [1.82, 2.24) is 10.2 Å². The lowest BCUT2D eigenvalue weighted by atomic mass is 9.76. The second-order valence-electron chi connectivity index (χ2n) is 6.14. The summed E-state index contributed by atoms with van der Waals surface area (Å²) in [6, 6.07) is 0. The van der Waals surface area contributed by atoms with Crippen LogP contribution in [-0.2, 0) is 23.4 Å². The summed E-state index contributed by atoms with van der Waals surface area (Å²) >= 11 is 0. The van der Waals surface area contributed by atoms with Crippen LogP contribution < -0.4 is 5.32 Å². The van der Waals surface area contributed by atoms with Crippen molar-refractivity contribution in [2.75, 3.05) is 19.7 Å². The van der Waals surface area contributed by atoms with Crippen molar-refractivity contribution in [1.29, 1.82) is 0 Å². The number of aliphatic hydroxyl groups excluding tert-OH is 1. The highest BCUT2D eigenvalue weighted by molar-refractivity contribution is 7.46. The van der Waals surface area contributed by atoms with Crippen LogP contribution in [0.15, 0.2) is 24.8 Å². The maximum absolute atomic E-state index is 12.7. The Kier molecular flexibility index (Phi) is 4.61. The number of aliphatic hydroxyl groups is 1. The number of nitrogens with zero attached hydrogens (tertiary/aromatic N) is 1. The Labute approximate surface area is 143 Å². The zero-order valence-corrected chi connectivity index (χ0v) is 14.0. The predicted molar refractivity (Wildman–Crippen MR) is 82.6 cm³/mol. The Bertz CT molecular complexity index is 676. The van der Waals surface area contributed by atoms with Crippen LogP contribution in [0.5, 0.6) is 0 Å². The molecule has 3 aliphatic rings. The van der Waals surface area contributed by atoms with Gasteiger partial charge < -0.3 is 29.8 Å². The minimum absolute atomic E-state index is 0.0529. The molecule has 138 valence electrons. The van der Waals surface area contributed by atoms with Gasteiger partial charge in [0.05, 0.1) is 25.2 Å². The minimum atomic E-state index is -4.65. The molecule has 0 aliphatic carbocycles. The Morgan fingerprint density at radius 3 is 2.92 bits per heavy atom. The maximum atomic E-state index is 12.7. The molecule has 0 aromatic heterocycles. The number of ether oxygens (including phenoxy) is 1. The van der Waals surface area contributed by atoms with E-state index in [-0.39, 0.29) is 13.1 Å². The zero-order valence-electron chi connectivity index (χ0n) is 13.1. The van der Waals surface area contributed by atoms with Crippen LogP contribution in [0.2, 0.25) is 0 Å². The molecule has 10 nitrogen and oxygen atoms in total. The summed E-state index contributed by atoms with van der Waals surface area (Å²) in [6.45, 7) is 2.84. The van der Waals surface area contributed by atoms with Gasteiger partial charge in [0.15, 0.2) is 0 Å². The molecule has 2 amide bonds. The third-order valence-electron chi connectivity index (χ3n) is 4.74. The molecule has 5 unspecified atom stereocenters. The molecular formula is C14H19N2O8P. The van der Waals surface area contributed by atoms with Crippen molar-refractivity contribution in [3.8, 4) is 0 Å². The molecule has 11 heteroatoms. The molecule has 0 aromatic rings. The number of fused-ring (bicyclic) bond motifs is 5. The van der Waals surface area contributed by atoms with Crippen LogP contribution in [0.25, 0.3) is 0 Å². The Morgan fingerprint density at radius 1 is 1.56 bits per heavy atom. The smallest absolute Gasteiger partial charge is 0.373 e. The van der Waals surface area contributed by atoms with E-state index in [2.05, 4.69) is 16.4 Å². The van der Waals surface area contributed by atoms with Crippen molar-refractivity contribution >= 4 is 19.6 Å². The van der Waals surface area contributed by atoms with Crippen LogP contribution in [0.4, 0.5) is 0 Å². The van der Waals surface area contributed by atoms with Gasteiger partial charge in [-0.25, -0.2) is 4.57 Å². The van der Waals surface area contributed by atoms with Gasteiger partial charge in [-0.05, 0) is 6.08 Å². The molecule has 3 aliphatic heterocycles. The molecular weight excluding hydrogens is 355 g/mol. The van der Waals surface area contributed by atoms with Gasteiger partial charge in [0.1, 0.15) is 11.8 Å². The molecule has 2 saturated heterocycles. The molecule has 4 N–H and O–H groups in total. The number of phosphoric ester groups is 1. The van der Waals surface area contributed by atoms with Crippen molar-refractivity contribution in [3.63, 3.8) is 0 Å². The summed E-state index contributed by atoms with van der Waals surface area (Å²) in [6.07, 6.45) is 2.92. The fraction of sp³-hybridized carbons (Fsp3) is 0.571. The third-order valence-corrected chi connectivity index (χ3v) is 5.26. The average molecular weight is 374 g/mol. The molecule has 25 heavy (non-hydrogen) atoms. The summed E-state index contributed by atoms with van der Waals surface area (Å²) < 4.78 is 20.9. The van der Waals surface area contributed by atoms with Crippen molar-refractivity contribution < 1.29 is 38.3 Å². The van der Waals surface area contributed by atoms with Crippen molar-refractivity contribution in [2.24, 2.45) is 11.8 Å². The molecule has 3 rings (SSSR count). The Morgan fingerprint density at radius 2 is 2.28 bits per heavy atom. The number of carbonyl (C=O) groups is 2. The van der Waals surface area contributed by atoms with Crippen LogP contribution in [0.3, 0.4) is 0 Å². The van der Waals surface area contributed by atoms with Gasteiger partial charge in [0.25, 0.3) is 0 Å². The number of nitrogens with one attached hydrogen (secondary N) is 1. The van der Waals surface area contributed by atoms with E-state index in [0.29, 0.717) is 0 Å². The predicted octanol–water partition coefficient (Wildman–Crippen LogP) is -1.50. The fourth-order valence-electron chi connectivity index (χ4n) is 3.73. The second kappa shape index (κ2) is 6.31. The number of hydrogen-bond acceptors (Lipinski definition) is 6. The summed E-state index contributed by atoms with van der Waals surface area (Å²) in [5.41, 5.74) is -1.05. The normalized spacial score (nSPS) is 36.0. The van der Waals surface area contributed by atoms with E-state index in [9.17, 15) is 19.3 Å². The standard InChI is InChI=1S/C14H19N2O8P/c1-2-9(17)15-7-14-4-3-8(24-14)10-11(14)13(19)16(12(10)18)5-6-23-25(20,21)22/h2-4,8,10-12,18H,1,5-7H2,(H,15,17)(H2,20,21,22). The van der Waals surface area contributed by atoms with Gasteiger partial charge in [-0.3, -0.25) is 14.1 Å². The summed E-state index contributed by atoms with van der Waals surface area (Å²) in [4.78, 5) is 42.7. The lowest BCUT2D eigenvalue weighted by molar-refractivity contribution is -0.143. The van der Waals surface area contributed by atoms with E-state index < -0.39 is 56.0 Å². The van der Waals surface area contributed by atoms with E-state index in [1.165, 1.54) is 0 Å². The highest BCUT2D eigenvalue weighted by Crippen LogP contribution is 2.53. The Balaban J connectivity index is 1.72. The quantitative estimate of drug-likeness (QED) is 0.239. The fourth-order valence-corrected chi connectivity index (χ4v) is 4.05. The van der Waals surface area contributed by atoms with Gasteiger partial charge in [0.2, 0.25) is 11.8 Å². The number of amides is 2. The molecule has 2 bridgehead atoms. The molecule has 0 radical (unpaired) electrons. The largest absolute Gasteiger partial charge is 0.469 e. The summed E-state index contributed by atoms with van der Waals surface area (Å²) in [7, 11) is -4.65. The van der Waals surface area contributed by atoms with Crippen LogP contribution in [0.1, 0.15) is 0 Å². The zero-order chi connectivity index (χ0) is 18.4. The monoisotopic (exact) mass is 374 g/mol. The highest BCUT2D eigenvalue weighted by atomic mass is 31.2. The van der Waals surface area contributed by atoms with Gasteiger partial charge in [-0.2, -0.15) is 0 Å². The van der Waals surface area contributed by atoms with Crippen LogP contribution in [0, 0.1) is 11.8 Å². The van der Waals surface area contributed by atoms with Gasteiger partial charge in [-0.1, -0.05) is 18.7 Å². The van der Waals surface area contributed by atoms with E-state index in [1.54, 1.807) is 12.2 Å².